The van der Waals surface area contributed by atoms with E-state index in [2.05, 4.69) is 10.3 Å². The maximum absolute atomic E-state index is 9.08. The van der Waals surface area contributed by atoms with E-state index in [1.54, 1.807) is 4.68 Å². The van der Waals surface area contributed by atoms with Gasteiger partial charge in [0.1, 0.15) is 12.4 Å². The summed E-state index contributed by atoms with van der Waals surface area (Å²) in [5.41, 5.74) is 2.94. The zero-order chi connectivity index (χ0) is 15.4. The highest BCUT2D eigenvalue weighted by Crippen LogP contribution is 2.24. The number of oxime groups is 1. The highest BCUT2D eigenvalue weighted by Gasteiger charge is 2.14. The van der Waals surface area contributed by atoms with E-state index in [4.69, 9.17) is 21.5 Å². The van der Waals surface area contributed by atoms with Crippen LogP contribution in [-0.2, 0) is 13.7 Å². The molecule has 112 valence electrons. The van der Waals surface area contributed by atoms with Gasteiger partial charge in [0.25, 0.3) is 0 Å². The molecule has 0 unspecified atom stereocenters. The van der Waals surface area contributed by atoms with Gasteiger partial charge in [0.15, 0.2) is 0 Å². The topological polar surface area (TPSA) is 59.6 Å². The lowest BCUT2D eigenvalue weighted by molar-refractivity contribution is 0.293. The Labute approximate surface area is 128 Å². The van der Waals surface area contributed by atoms with E-state index in [1.807, 2.05) is 45.2 Å². The van der Waals surface area contributed by atoms with E-state index in [0.717, 1.165) is 17.0 Å². The molecule has 0 amide bonds. The van der Waals surface area contributed by atoms with Gasteiger partial charge in [0, 0.05) is 12.6 Å². The molecule has 6 heteroatoms. The molecule has 1 N–H and O–H groups in total. The first-order valence-corrected chi connectivity index (χ1v) is 7.07. The number of aryl methyl sites for hydroxylation is 2. The van der Waals surface area contributed by atoms with Crippen LogP contribution in [0.1, 0.15) is 30.3 Å². The molecule has 0 bridgehead atoms. The lowest BCUT2D eigenvalue weighted by Gasteiger charge is -2.12. The Morgan fingerprint density at radius 1 is 1.43 bits per heavy atom. The van der Waals surface area contributed by atoms with Crippen LogP contribution in [0.4, 0.5) is 0 Å². The normalized spacial score (nSPS) is 11.7. The molecule has 5 nitrogen and oxygen atoms in total. The summed E-state index contributed by atoms with van der Waals surface area (Å²) in [5.74, 6) is 0.655. The number of hydrogen-bond donors (Lipinski definition) is 1. The summed E-state index contributed by atoms with van der Waals surface area (Å²) in [7, 11) is 1.83. The second-order valence-electron chi connectivity index (χ2n) is 4.65. The Bertz CT molecular complexity index is 665. The second kappa shape index (κ2) is 6.63. The number of hydrogen-bond acceptors (Lipinski definition) is 4. The van der Waals surface area contributed by atoms with Crippen LogP contribution >= 0.6 is 11.6 Å². The van der Waals surface area contributed by atoms with Crippen molar-refractivity contribution >= 4 is 17.3 Å². The van der Waals surface area contributed by atoms with E-state index in [0.29, 0.717) is 29.5 Å². The van der Waals surface area contributed by atoms with Crippen LogP contribution < -0.4 is 4.74 Å². The van der Waals surface area contributed by atoms with Crippen LogP contribution in [0.15, 0.2) is 29.4 Å². The molecule has 1 aromatic heterocycles. The number of nitrogens with zero attached hydrogens (tertiary/aromatic N) is 3. The third-order valence-electron chi connectivity index (χ3n) is 3.28. The minimum absolute atomic E-state index is 0.301. The number of benzene rings is 1. The average molecular weight is 308 g/mol. The predicted molar refractivity (Wildman–Crippen MR) is 82.3 cm³/mol. The van der Waals surface area contributed by atoms with Gasteiger partial charge < -0.3 is 9.94 Å². The minimum atomic E-state index is 0.301. The van der Waals surface area contributed by atoms with Gasteiger partial charge in [-0.05, 0) is 25.5 Å². The molecule has 0 aliphatic carbocycles. The summed E-state index contributed by atoms with van der Waals surface area (Å²) >= 11 is 6.21. The Morgan fingerprint density at radius 3 is 2.71 bits per heavy atom. The van der Waals surface area contributed by atoms with Gasteiger partial charge in [-0.2, -0.15) is 5.10 Å². The van der Waals surface area contributed by atoms with E-state index >= 15 is 0 Å². The first kappa shape index (κ1) is 15.4. The number of aromatic nitrogens is 2. The third kappa shape index (κ3) is 3.19. The van der Waals surface area contributed by atoms with Crippen LogP contribution in [0.2, 0.25) is 5.02 Å². The van der Waals surface area contributed by atoms with Crippen LogP contribution in [-0.4, -0.2) is 20.7 Å². The number of halogens is 1. The van der Waals surface area contributed by atoms with Crippen molar-refractivity contribution in [2.45, 2.75) is 26.9 Å². The van der Waals surface area contributed by atoms with Gasteiger partial charge in [-0.25, -0.2) is 0 Å². The number of ether oxygens (including phenoxy) is 1. The van der Waals surface area contributed by atoms with Crippen molar-refractivity contribution in [1.29, 1.82) is 0 Å². The Balaban J connectivity index is 2.25. The number of para-hydroxylation sites is 1. The van der Waals surface area contributed by atoms with E-state index in [1.165, 1.54) is 0 Å². The van der Waals surface area contributed by atoms with Crippen molar-refractivity contribution in [1.82, 2.24) is 9.78 Å². The van der Waals surface area contributed by atoms with Crippen molar-refractivity contribution in [3.63, 3.8) is 0 Å². The van der Waals surface area contributed by atoms with E-state index in [9.17, 15) is 0 Å². The van der Waals surface area contributed by atoms with Crippen molar-refractivity contribution in [3.8, 4) is 5.75 Å². The van der Waals surface area contributed by atoms with Gasteiger partial charge in [0.2, 0.25) is 0 Å². The standard InChI is InChI=1S/C15H18ClN3O2/c1-4-12(18-20)11-7-5-6-8-14(11)21-9-13-15(16)10(2)17-19(13)3/h5-8,20H,4,9H2,1-3H3. The Morgan fingerprint density at radius 2 is 2.14 bits per heavy atom. The zero-order valence-corrected chi connectivity index (χ0v) is 13.1. The lowest BCUT2D eigenvalue weighted by Crippen LogP contribution is -2.07. The summed E-state index contributed by atoms with van der Waals surface area (Å²) < 4.78 is 7.56. The second-order valence-corrected chi connectivity index (χ2v) is 5.03. The lowest BCUT2D eigenvalue weighted by atomic mass is 10.1. The molecule has 1 heterocycles. The molecular weight excluding hydrogens is 290 g/mol. The molecule has 0 atom stereocenters. The van der Waals surface area contributed by atoms with Gasteiger partial charge >= 0.3 is 0 Å². The first-order chi connectivity index (χ1) is 10.1. The van der Waals surface area contributed by atoms with Gasteiger partial charge in [-0.15, -0.1) is 0 Å². The molecule has 0 radical (unpaired) electrons. The molecule has 21 heavy (non-hydrogen) atoms. The maximum atomic E-state index is 9.08. The quantitative estimate of drug-likeness (QED) is 0.522. The molecule has 0 aliphatic heterocycles. The molecule has 2 rings (SSSR count). The minimum Gasteiger partial charge on any atom is -0.487 e. The maximum Gasteiger partial charge on any atom is 0.131 e. The average Bonchev–Trinajstić information content (AvgIpc) is 2.73. The van der Waals surface area contributed by atoms with E-state index in [-0.39, 0.29) is 0 Å². The monoisotopic (exact) mass is 307 g/mol. The first-order valence-electron chi connectivity index (χ1n) is 6.69. The van der Waals surface area contributed by atoms with Crippen LogP contribution in [0.5, 0.6) is 5.75 Å². The highest BCUT2D eigenvalue weighted by molar-refractivity contribution is 6.31. The fourth-order valence-corrected chi connectivity index (χ4v) is 2.34. The zero-order valence-electron chi connectivity index (χ0n) is 12.3. The van der Waals surface area contributed by atoms with Crippen LogP contribution in [0, 0.1) is 6.92 Å². The third-order valence-corrected chi connectivity index (χ3v) is 3.77. The summed E-state index contributed by atoms with van der Waals surface area (Å²) in [6.07, 6.45) is 0.614. The highest BCUT2D eigenvalue weighted by atomic mass is 35.5. The largest absolute Gasteiger partial charge is 0.487 e. The summed E-state index contributed by atoms with van der Waals surface area (Å²) in [6, 6.07) is 7.46. The van der Waals surface area contributed by atoms with Crippen molar-refractivity contribution in [3.05, 3.63) is 46.2 Å². The smallest absolute Gasteiger partial charge is 0.131 e. The molecule has 0 spiro atoms. The summed E-state index contributed by atoms with van der Waals surface area (Å²) in [6.45, 7) is 4.08. The van der Waals surface area contributed by atoms with Gasteiger partial charge in [-0.3, -0.25) is 4.68 Å². The molecule has 0 saturated heterocycles. The van der Waals surface area contributed by atoms with Crippen LogP contribution in [0.3, 0.4) is 0 Å². The molecular formula is C15H18ClN3O2. The molecule has 0 saturated carbocycles. The Hall–Kier alpha value is -2.01. The molecule has 0 aliphatic rings. The fraction of sp³-hybridized carbons (Fsp3) is 0.333. The SMILES string of the molecule is CCC(=NO)c1ccccc1OCc1c(Cl)c(C)nn1C. The molecule has 2 aromatic rings. The van der Waals surface area contributed by atoms with Gasteiger partial charge in [0.05, 0.1) is 22.1 Å². The molecule has 0 fully saturated rings. The Kier molecular flexibility index (Phi) is 4.85. The summed E-state index contributed by atoms with van der Waals surface area (Å²) in [5, 5.41) is 17.3. The fourth-order valence-electron chi connectivity index (χ4n) is 2.13. The van der Waals surface area contributed by atoms with Crippen molar-refractivity contribution < 1.29 is 9.94 Å². The van der Waals surface area contributed by atoms with Crippen molar-refractivity contribution in [2.75, 3.05) is 0 Å². The number of rotatable bonds is 5. The molecule has 1 aromatic carbocycles. The van der Waals surface area contributed by atoms with Crippen molar-refractivity contribution in [2.24, 2.45) is 12.2 Å². The van der Waals surface area contributed by atoms with Gasteiger partial charge in [-0.1, -0.05) is 35.8 Å². The summed E-state index contributed by atoms with van der Waals surface area (Å²) in [4.78, 5) is 0. The van der Waals surface area contributed by atoms with Crippen LogP contribution in [0.25, 0.3) is 0 Å². The predicted octanol–water partition coefficient (Wildman–Crippen LogP) is 3.55. The van der Waals surface area contributed by atoms with E-state index < -0.39 is 0 Å².